The maximum Gasteiger partial charge on any atom is 0.345 e. The number of nitrogens with one attached hydrogen (secondary N) is 1. The Labute approximate surface area is 185 Å². The van der Waals surface area contributed by atoms with Crippen LogP contribution in [0.15, 0.2) is 92.5 Å². The van der Waals surface area contributed by atoms with Crippen LogP contribution in [0.5, 0.6) is 5.75 Å². The second-order valence-corrected chi connectivity index (χ2v) is 7.71. The average molecular weight is 478 g/mol. The molecule has 0 aliphatic rings. The minimum atomic E-state index is -1.45. The topological polar surface area (TPSA) is 96.6 Å². The van der Waals surface area contributed by atoms with E-state index in [4.69, 9.17) is 4.42 Å². The van der Waals surface area contributed by atoms with Gasteiger partial charge in [-0.3, -0.25) is 9.59 Å². The predicted molar refractivity (Wildman–Crippen MR) is 119 cm³/mol. The van der Waals surface area contributed by atoms with Gasteiger partial charge in [-0.05, 0) is 36.4 Å². The van der Waals surface area contributed by atoms with Crippen molar-refractivity contribution in [1.29, 1.82) is 0 Å². The number of carbonyl (C=O) groups is 2. The van der Waals surface area contributed by atoms with E-state index < -0.39 is 29.1 Å². The molecule has 2 N–H and O–H groups in total. The summed E-state index contributed by atoms with van der Waals surface area (Å²) in [7, 11) is 0. The molecule has 0 radical (unpaired) electrons. The largest absolute Gasteiger partial charge is 0.507 e. The first-order valence-corrected chi connectivity index (χ1v) is 10.2. The monoisotopic (exact) mass is 477 g/mol. The Morgan fingerprint density at radius 1 is 0.871 bits per heavy atom. The normalized spacial score (nSPS) is 11.8. The first kappa shape index (κ1) is 20.6. The second kappa shape index (κ2) is 8.57. The van der Waals surface area contributed by atoms with Crippen LogP contribution in [0.4, 0.5) is 0 Å². The lowest BCUT2D eigenvalue weighted by molar-refractivity contribution is 0.0854. The molecule has 0 saturated heterocycles. The number of halogens is 1. The molecule has 3 aromatic carbocycles. The lowest BCUT2D eigenvalue weighted by Crippen LogP contribution is -2.36. The van der Waals surface area contributed by atoms with Crippen LogP contribution in [0.25, 0.3) is 11.0 Å². The Morgan fingerprint density at radius 2 is 1.52 bits per heavy atom. The molecule has 154 valence electrons. The van der Waals surface area contributed by atoms with Crippen molar-refractivity contribution < 1.29 is 19.1 Å². The van der Waals surface area contributed by atoms with Gasteiger partial charge in [0.05, 0.1) is 5.39 Å². The molecule has 31 heavy (non-hydrogen) atoms. The number of benzene rings is 3. The molecule has 1 amide bonds. The van der Waals surface area contributed by atoms with Gasteiger partial charge in [-0.25, -0.2) is 4.79 Å². The van der Waals surface area contributed by atoms with E-state index in [2.05, 4.69) is 21.2 Å². The highest BCUT2D eigenvalue weighted by Crippen LogP contribution is 2.31. The van der Waals surface area contributed by atoms with Crippen molar-refractivity contribution in [2.24, 2.45) is 0 Å². The van der Waals surface area contributed by atoms with Crippen molar-refractivity contribution in [1.82, 2.24) is 5.32 Å². The van der Waals surface area contributed by atoms with E-state index in [0.29, 0.717) is 5.56 Å². The molecule has 7 heteroatoms. The van der Waals surface area contributed by atoms with E-state index in [-0.39, 0.29) is 22.1 Å². The van der Waals surface area contributed by atoms with Gasteiger partial charge in [0, 0.05) is 15.6 Å². The zero-order valence-electron chi connectivity index (χ0n) is 16.0. The van der Waals surface area contributed by atoms with Crippen molar-refractivity contribution in [3.8, 4) is 5.75 Å². The predicted octanol–water partition coefficient (Wildman–Crippen LogP) is 4.62. The van der Waals surface area contributed by atoms with Gasteiger partial charge in [0.1, 0.15) is 22.9 Å². The Balaban J connectivity index is 1.85. The van der Waals surface area contributed by atoms with Crippen molar-refractivity contribution in [2.45, 2.75) is 6.04 Å². The molecule has 6 nitrogen and oxygen atoms in total. The molecule has 0 fully saturated rings. The molecular formula is C24H16BrNO5. The number of rotatable bonds is 5. The fourth-order valence-corrected chi connectivity index (χ4v) is 3.52. The molecule has 0 spiro atoms. The van der Waals surface area contributed by atoms with E-state index >= 15 is 0 Å². The molecule has 0 aliphatic carbocycles. The lowest BCUT2D eigenvalue weighted by Gasteiger charge is -2.19. The van der Waals surface area contributed by atoms with Gasteiger partial charge in [0.2, 0.25) is 0 Å². The van der Waals surface area contributed by atoms with Crippen molar-refractivity contribution in [2.75, 3.05) is 0 Å². The third-order valence-electron chi connectivity index (χ3n) is 4.81. The second-order valence-electron chi connectivity index (χ2n) is 6.79. The van der Waals surface area contributed by atoms with Crippen LogP contribution in [0.3, 0.4) is 0 Å². The van der Waals surface area contributed by atoms with Crippen molar-refractivity contribution in [3.63, 3.8) is 0 Å². The third kappa shape index (κ3) is 4.13. The maximum absolute atomic E-state index is 13.3. The SMILES string of the molecule is O=C(NC(C(=O)c1ccc(Br)cc1)c1c(O)c2ccccc2oc1=O)c1ccccc1. The summed E-state index contributed by atoms with van der Waals surface area (Å²) in [4.78, 5) is 38.9. The van der Waals surface area contributed by atoms with Crippen LogP contribution >= 0.6 is 15.9 Å². The molecule has 1 unspecified atom stereocenters. The molecule has 1 aromatic heterocycles. The summed E-state index contributed by atoms with van der Waals surface area (Å²) < 4.78 is 6.09. The van der Waals surface area contributed by atoms with E-state index in [9.17, 15) is 19.5 Å². The molecular weight excluding hydrogens is 462 g/mol. The minimum Gasteiger partial charge on any atom is -0.507 e. The van der Waals surface area contributed by atoms with Gasteiger partial charge in [-0.1, -0.05) is 58.4 Å². The van der Waals surface area contributed by atoms with Crippen LogP contribution in [-0.4, -0.2) is 16.8 Å². The number of hydrogen-bond donors (Lipinski definition) is 2. The zero-order chi connectivity index (χ0) is 22.0. The first-order chi connectivity index (χ1) is 15.0. The summed E-state index contributed by atoms with van der Waals surface area (Å²) >= 11 is 3.31. The summed E-state index contributed by atoms with van der Waals surface area (Å²) in [5.74, 6) is -1.53. The molecule has 1 atom stereocenters. The van der Waals surface area contributed by atoms with E-state index in [1.165, 1.54) is 6.07 Å². The van der Waals surface area contributed by atoms with Crippen LogP contribution in [0.1, 0.15) is 32.3 Å². The highest BCUT2D eigenvalue weighted by Gasteiger charge is 2.31. The van der Waals surface area contributed by atoms with Crippen LogP contribution < -0.4 is 10.9 Å². The molecule has 4 rings (SSSR count). The Hall–Kier alpha value is -3.71. The average Bonchev–Trinajstić information content (AvgIpc) is 2.79. The summed E-state index contributed by atoms with van der Waals surface area (Å²) in [6.45, 7) is 0. The highest BCUT2D eigenvalue weighted by atomic mass is 79.9. The minimum absolute atomic E-state index is 0.179. The van der Waals surface area contributed by atoms with Gasteiger partial charge < -0.3 is 14.8 Å². The summed E-state index contributed by atoms with van der Waals surface area (Å²) in [6.07, 6.45) is 0. The number of Topliss-reactive ketones (excluding diaryl/α,β-unsaturated/α-hetero) is 1. The summed E-state index contributed by atoms with van der Waals surface area (Å²) in [5, 5.41) is 13.7. The number of hydrogen-bond acceptors (Lipinski definition) is 5. The van der Waals surface area contributed by atoms with Gasteiger partial charge in [0.25, 0.3) is 5.91 Å². The number of para-hydroxylation sites is 1. The van der Waals surface area contributed by atoms with Crippen LogP contribution in [0, 0.1) is 0 Å². The van der Waals surface area contributed by atoms with Crippen molar-refractivity contribution >= 4 is 38.6 Å². The lowest BCUT2D eigenvalue weighted by atomic mass is 9.96. The number of ketones is 1. The van der Waals surface area contributed by atoms with Gasteiger partial charge in [-0.2, -0.15) is 0 Å². The fourth-order valence-electron chi connectivity index (χ4n) is 3.26. The molecule has 0 aliphatic heterocycles. The Kier molecular flexibility index (Phi) is 5.68. The van der Waals surface area contributed by atoms with Crippen molar-refractivity contribution in [3.05, 3.63) is 110 Å². The van der Waals surface area contributed by atoms with Crippen LogP contribution in [-0.2, 0) is 0 Å². The Morgan fingerprint density at radius 3 is 2.23 bits per heavy atom. The number of carbonyl (C=O) groups excluding carboxylic acids is 2. The van der Waals surface area contributed by atoms with E-state index in [0.717, 1.165) is 4.47 Å². The maximum atomic E-state index is 13.3. The smallest absolute Gasteiger partial charge is 0.345 e. The summed E-state index contributed by atoms with van der Waals surface area (Å²) in [5.41, 5.74) is -0.483. The van der Waals surface area contributed by atoms with Gasteiger partial charge in [-0.15, -0.1) is 0 Å². The molecule has 1 heterocycles. The number of fused-ring (bicyclic) bond motifs is 1. The van der Waals surface area contributed by atoms with E-state index in [1.807, 2.05) is 0 Å². The molecule has 4 aromatic rings. The van der Waals surface area contributed by atoms with E-state index in [1.54, 1.807) is 72.8 Å². The standard InChI is InChI=1S/C24H16BrNO5/c25-16-12-10-14(11-13-16)21(27)20(26-23(29)15-6-2-1-3-7-15)19-22(28)17-8-4-5-9-18(17)31-24(19)30/h1-13,20,28H,(H,26,29). The first-order valence-electron chi connectivity index (χ1n) is 9.36. The van der Waals surface area contributed by atoms with Gasteiger partial charge >= 0.3 is 5.63 Å². The third-order valence-corrected chi connectivity index (χ3v) is 5.34. The number of aromatic hydroxyl groups is 1. The number of amides is 1. The van der Waals surface area contributed by atoms with Crippen LogP contribution in [0.2, 0.25) is 0 Å². The molecule has 0 saturated carbocycles. The fraction of sp³-hybridized carbons (Fsp3) is 0.0417. The molecule has 0 bridgehead atoms. The quantitative estimate of drug-likeness (QED) is 0.323. The summed E-state index contributed by atoms with van der Waals surface area (Å²) in [6, 6.07) is 19.7. The van der Waals surface area contributed by atoms with Gasteiger partial charge in [0.15, 0.2) is 5.78 Å². The highest BCUT2D eigenvalue weighted by molar-refractivity contribution is 9.10. The Bertz CT molecular complexity index is 1330. The zero-order valence-corrected chi connectivity index (χ0v) is 17.6.